The van der Waals surface area contributed by atoms with Gasteiger partial charge in [-0.1, -0.05) is 74.5 Å². The van der Waals surface area contributed by atoms with E-state index in [1.165, 1.54) is 12.1 Å². The maximum absolute atomic E-state index is 13.5. The molecule has 198 valence electrons. The first kappa shape index (κ1) is 28.3. The van der Waals surface area contributed by atoms with Crippen molar-refractivity contribution >= 4 is 16.1 Å². The molecule has 9 heteroatoms. The highest BCUT2D eigenvalue weighted by molar-refractivity contribution is 7.89. The van der Waals surface area contributed by atoms with Gasteiger partial charge < -0.3 is 10.2 Å². The van der Waals surface area contributed by atoms with Crippen LogP contribution >= 0.6 is 0 Å². The predicted molar refractivity (Wildman–Crippen MR) is 140 cm³/mol. The van der Waals surface area contributed by atoms with Crippen molar-refractivity contribution in [1.82, 2.24) is 9.21 Å². The molecule has 0 heterocycles. The van der Waals surface area contributed by atoms with Crippen molar-refractivity contribution in [3.8, 4) is 0 Å². The number of benzene rings is 3. The van der Waals surface area contributed by atoms with Crippen molar-refractivity contribution in [2.75, 3.05) is 13.1 Å². The summed E-state index contributed by atoms with van der Waals surface area (Å²) in [4.78, 5) is 13.5. The number of hydrogen-bond acceptors (Lipinski definition) is 4. The summed E-state index contributed by atoms with van der Waals surface area (Å²) in [5.41, 5.74) is 1.55. The van der Waals surface area contributed by atoms with Gasteiger partial charge in [-0.25, -0.2) is 17.6 Å². The topological polar surface area (TPSA) is 98.2 Å². The number of rotatable bonds is 12. The molecule has 37 heavy (non-hydrogen) atoms. The van der Waals surface area contributed by atoms with Gasteiger partial charge >= 0.3 is 6.09 Å². The highest BCUT2D eigenvalue weighted by atomic mass is 32.2. The third-order valence-electron chi connectivity index (χ3n) is 5.98. The minimum Gasteiger partial charge on any atom is -0.465 e. The van der Waals surface area contributed by atoms with Crippen molar-refractivity contribution in [2.24, 2.45) is 5.92 Å². The smallest absolute Gasteiger partial charge is 0.407 e. The maximum Gasteiger partial charge on any atom is 0.407 e. The second-order valence-corrected chi connectivity index (χ2v) is 11.3. The lowest BCUT2D eigenvalue weighted by atomic mass is 9.98. The van der Waals surface area contributed by atoms with Gasteiger partial charge in [-0.2, -0.15) is 4.31 Å². The summed E-state index contributed by atoms with van der Waals surface area (Å²) in [5, 5.41) is 21.6. The van der Waals surface area contributed by atoms with E-state index in [4.69, 9.17) is 0 Å². The molecule has 7 nitrogen and oxygen atoms in total. The summed E-state index contributed by atoms with van der Waals surface area (Å²) in [7, 11) is -4.08. The number of carboxylic acid groups (broad SMARTS) is 1. The van der Waals surface area contributed by atoms with E-state index in [0.29, 0.717) is 0 Å². The summed E-state index contributed by atoms with van der Waals surface area (Å²) in [5.74, 6) is -0.634. The van der Waals surface area contributed by atoms with Crippen LogP contribution in [-0.2, 0) is 23.0 Å². The third kappa shape index (κ3) is 7.85. The van der Waals surface area contributed by atoms with Gasteiger partial charge in [-0.05, 0) is 47.7 Å². The molecule has 0 aromatic heterocycles. The molecule has 0 unspecified atom stereocenters. The van der Waals surface area contributed by atoms with E-state index < -0.39 is 34.1 Å². The second kappa shape index (κ2) is 12.8. The van der Waals surface area contributed by atoms with Crippen LogP contribution < -0.4 is 0 Å². The lowest BCUT2D eigenvalue weighted by Crippen LogP contribution is -2.52. The predicted octanol–water partition coefficient (Wildman–Crippen LogP) is 4.62. The van der Waals surface area contributed by atoms with Gasteiger partial charge in [0.25, 0.3) is 0 Å². The van der Waals surface area contributed by atoms with Crippen LogP contribution in [0.3, 0.4) is 0 Å². The van der Waals surface area contributed by atoms with E-state index in [9.17, 15) is 27.8 Å². The van der Waals surface area contributed by atoms with Gasteiger partial charge in [-0.3, -0.25) is 4.90 Å². The molecule has 1 amide bonds. The third-order valence-corrected chi connectivity index (χ3v) is 7.83. The fraction of sp³-hybridized carbons (Fsp3) is 0.321. The Bertz CT molecular complexity index is 1240. The SMILES string of the molecule is CC(C)CN(C[C@@H](O)[C@H](Cc1ccccc1)N(Cc1ccccc1)C(=O)O)S(=O)(=O)c1ccc(F)cc1. The minimum absolute atomic E-state index is 0.0274. The Labute approximate surface area is 217 Å². The van der Waals surface area contributed by atoms with Crippen molar-refractivity contribution in [2.45, 2.75) is 43.9 Å². The summed E-state index contributed by atoms with van der Waals surface area (Å²) >= 11 is 0. The van der Waals surface area contributed by atoms with Crippen LogP contribution in [0.25, 0.3) is 0 Å². The molecule has 0 radical (unpaired) electrons. The van der Waals surface area contributed by atoms with E-state index in [-0.39, 0.29) is 36.9 Å². The maximum atomic E-state index is 13.5. The van der Waals surface area contributed by atoms with Crippen molar-refractivity contribution in [3.63, 3.8) is 0 Å². The zero-order valence-corrected chi connectivity index (χ0v) is 21.8. The lowest BCUT2D eigenvalue weighted by Gasteiger charge is -2.36. The van der Waals surface area contributed by atoms with Crippen molar-refractivity contribution in [1.29, 1.82) is 0 Å². The molecule has 2 atom stereocenters. The van der Waals surface area contributed by atoms with Crippen LogP contribution in [-0.4, -0.2) is 59.2 Å². The minimum atomic E-state index is -4.08. The van der Waals surface area contributed by atoms with E-state index in [0.717, 1.165) is 32.5 Å². The molecule has 3 aromatic rings. The number of sulfonamides is 1. The highest BCUT2D eigenvalue weighted by Crippen LogP contribution is 2.22. The number of halogens is 1. The molecule has 0 bridgehead atoms. The molecular formula is C28H33FN2O5S. The summed E-state index contributed by atoms with van der Waals surface area (Å²) in [6.45, 7) is 3.49. The van der Waals surface area contributed by atoms with Crippen LogP contribution in [0.4, 0.5) is 9.18 Å². The van der Waals surface area contributed by atoms with E-state index in [1.807, 2.05) is 50.2 Å². The highest BCUT2D eigenvalue weighted by Gasteiger charge is 2.35. The molecule has 0 aliphatic rings. The quantitative estimate of drug-likeness (QED) is 0.357. The first-order valence-corrected chi connectivity index (χ1v) is 13.5. The van der Waals surface area contributed by atoms with Gasteiger partial charge in [0.05, 0.1) is 17.0 Å². The van der Waals surface area contributed by atoms with Crippen molar-refractivity contribution < 1.29 is 27.8 Å². The summed E-state index contributed by atoms with van der Waals surface area (Å²) in [6, 6.07) is 21.8. The van der Waals surface area contributed by atoms with Crippen molar-refractivity contribution in [3.05, 3.63) is 102 Å². The van der Waals surface area contributed by atoms with Gasteiger partial charge in [0.2, 0.25) is 10.0 Å². The van der Waals surface area contributed by atoms with Gasteiger partial charge in [-0.15, -0.1) is 0 Å². The first-order valence-electron chi connectivity index (χ1n) is 12.1. The molecule has 2 N–H and O–H groups in total. The number of amides is 1. The van der Waals surface area contributed by atoms with Gasteiger partial charge in [0.1, 0.15) is 5.82 Å². The molecular weight excluding hydrogens is 495 g/mol. The Kier molecular flexibility index (Phi) is 9.79. The van der Waals surface area contributed by atoms with Gasteiger partial charge in [0.15, 0.2) is 0 Å². The Morgan fingerprint density at radius 3 is 1.92 bits per heavy atom. The average molecular weight is 529 g/mol. The number of aliphatic hydroxyl groups is 1. The van der Waals surface area contributed by atoms with Gasteiger partial charge in [0, 0.05) is 19.6 Å². The fourth-order valence-electron chi connectivity index (χ4n) is 4.18. The van der Waals surface area contributed by atoms with E-state index in [1.54, 1.807) is 24.3 Å². The zero-order valence-electron chi connectivity index (χ0n) is 20.9. The Hall–Kier alpha value is -3.27. The molecule has 0 spiro atoms. The normalized spacial score (nSPS) is 13.5. The molecule has 0 saturated carbocycles. The summed E-state index contributed by atoms with van der Waals surface area (Å²) in [6.07, 6.45) is -2.37. The van der Waals surface area contributed by atoms with Crippen LogP contribution in [0.5, 0.6) is 0 Å². The molecule has 3 rings (SSSR count). The number of nitrogens with zero attached hydrogens (tertiary/aromatic N) is 2. The van der Waals surface area contributed by atoms with Crippen LogP contribution in [0, 0.1) is 11.7 Å². The van der Waals surface area contributed by atoms with E-state index in [2.05, 4.69) is 0 Å². The first-order chi connectivity index (χ1) is 17.6. The van der Waals surface area contributed by atoms with Crippen LogP contribution in [0.2, 0.25) is 0 Å². The number of hydrogen-bond donors (Lipinski definition) is 2. The fourth-order valence-corrected chi connectivity index (χ4v) is 5.80. The largest absolute Gasteiger partial charge is 0.465 e. The second-order valence-electron chi connectivity index (χ2n) is 9.39. The Morgan fingerprint density at radius 1 is 0.865 bits per heavy atom. The zero-order chi connectivity index (χ0) is 27.0. The average Bonchev–Trinajstić information content (AvgIpc) is 2.86. The monoisotopic (exact) mass is 528 g/mol. The molecule has 0 aliphatic heterocycles. The number of aliphatic hydroxyl groups excluding tert-OH is 1. The molecule has 0 fully saturated rings. The lowest BCUT2D eigenvalue weighted by molar-refractivity contribution is 0.0337. The Morgan fingerprint density at radius 2 is 1.41 bits per heavy atom. The van der Waals surface area contributed by atoms with Crippen LogP contribution in [0.1, 0.15) is 25.0 Å². The van der Waals surface area contributed by atoms with E-state index >= 15 is 0 Å². The Balaban J connectivity index is 1.96. The molecule has 3 aromatic carbocycles. The number of carbonyl (C=O) groups is 1. The standard InChI is InChI=1S/C28H33FN2O5S/c1-21(2)18-30(37(35,36)25-15-13-24(29)14-16-25)20-27(32)26(17-22-9-5-3-6-10-22)31(28(33)34)19-23-11-7-4-8-12-23/h3-16,21,26-27,32H,17-20H2,1-2H3,(H,33,34)/t26-,27+/m0/s1. The molecule has 0 saturated heterocycles. The molecule has 0 aliphatic carbocycles. The summed E-state index contributed by atoms with van der Waals surface area (Å²) < 4.78 is 41.5. The van der Waals surface area contributed by atoms with Crippen LogP contribution in [0.15, 0.2) is 89.8 Å².